The highest BCUT2D eigenvalue weighted by Gasteiger charge is 2.62. The van der Waals surface area contributed by atoms with Crippen molar-refractivity contribution in [3.8, 4) is 0 Å². The van der Waals surface area contributed by atoms with E-state index in [-0.39, 0.29) is 40.7 Å². The van der Waals surface area contributed by atoms with Gasteiger partial charge in [0.2, 0.25) is 0 Å². The molecular weight excluding hydrogens is 396 g/mol. The van der Waals surface area contributed by atoms with E-state index in [0.717, 1.165) is 25.7 Å². The van der Waals surface area contributed by atoms with Crippen molar-refractivity contribution in [1.29, 1.82) is 0 Å². The Hall–Kier alpha value is -1.09. The minimum absolute atomic E-state index is 0.0802. The van der Waals surface area contributed by atoms with Gasteiger partial charge in [0.1, 0.15) is 6.61 Å². The third-order valence-corrected chi connectivity index (χ3v) is 9.05. The van der Waals surface area contributed by atoms with Crippen LogP contribution in [-0.4, -0.2) is 42.4 Å². The molecule has 3 fully saturated rings. The molecule has 7 unspecified atom stereocenters. The molecule has 4 rings (SSSR count). The van der Waals surface area contributed by atoms with Gasteiger partial charge >= 0.3 is 10.4 Å². The molecule has 8 heteroatoms. The van der Waals surface area contributed by atoms with E-state index < -0.39 is 28.5 Å². The average Bonchev–Trinajstić information content (AvgIpc) is 2.96. The lowest BCUT2D eigenvalue weighted by atomic mass is 9.46. The summed E-state index contributed by atoms with van der Waals surface area (Å²) in [5.41, 5.74) is 0.584. The molecule has 0 aliphatic heterocycles. The molecule has 7 nitrogen and oxygen atoms in total. The topological polar surface area (TPSA) is 118 Å². The molecule has 0 aromatic rings. The maximum Gasteiger partial charge on any atom is 0.397 e. The Morgan fingerprint density at radius 1 is 1.24 bits per heavy atom. The molecular formula is C21H30O7S. The van der Waals surface area contributed by atoms with Crippen LogP contribution in [0.25, 0.3) is 0 Å². The van der Waals surface area contributed by atoms with E-state index in [2.05, 4.69) is 11.1 Å². The number of ketones is 2. The molecule has 0 bridgehead atoms. The standard InChI is InChI=1S/C21H30O7S/c1-20-8-7-13(22)9-12(20)3-4-14-15-5-6-16(18(24)11-28-29(25,26)27)21(15,2)10-17(23)19(14)20/h9,14-17,19,23H,3-8,10-11H2,1-2H3,(H,25,26,27). The molecule has 0 spiro atoms. The lowest BCUT2D eigenvalue weighted by Crippen LogP contribution is -2.57. The number of carbonyl (C=O) groups excluding carboxylic acids is 2. The van der Waals surface area contributed by atoms with Crippen LogP contribution in [0.15, 0.2) is 11.6 Å². The van der Waals surface area contributed by atoms with Gasteiger partial charge in [0.05, 0.1) is 6.10 Å². The number of allylic oxidation sites excluding steroid dienone is 1. The highest BCUT2D eigenvalue weighted by molar-refractivity contribution is 7.80. The summed E-state index contributed by atoms with van der Waals surface area (Å²) in [7, 11) is -4.66. The molecule has 0 aromatic carbocycles. The SMILES string of the molecule is CC12CCC(=O)C=C1CCC1C2C(O)CC2(C)C(C(=O)COS(=O)(=O)O)CCC12. The van der Waals surface area contributed by atoms with Gasteiger partial charge in [0.15, 0.2) is 11.6 Å². The zero-order chi connectivity index (χ0) is 21.2. The van der Waals surface area contributed by atoms with Crippen molar-refractivity contribution in [2.75, 3.05) is 6.61 Å². The molecule has 0 saturated heterocycles. The second-order valence-electron chi connectivity index (χ2n) is 9.95. The minimum atomic E-state index is -4.66. The van der Waals surface area contributed by atoms with Crippen LogP contribution in [0.2, 0.25) is 0 Å². The van der Waals surface area contributed by atoms with Crippen molar-refractivity contribution in [3.63, 3.8) is 0 Å². The molecule has 0 aromatic heterocycles. The predicted octanol–water partition coefficient (Wildman–Crippen LogP) is 2.49. The molecule has 0 heterocycles. The first-order valence-electron chi connectivity index (χ1n) is 10.5. The van der Waals surface area contributed by atoms with Gasteiger partial charge in [0.25, 0.3) is 0 Å². The Bertz CT molecular complexity index is 862. The van der Waals surface area contributed by atoms with Crippen LogP contribution >= 0.6 is 0 Å². The van der Waals surface area contributed by atoms with Crippen LogP contribution in [0.3, 0.4) is 0 Å². The van der Waals surface area contributed by atoms with Gasteiger partial charge in [-0.05, 0) is 73.2 Å². The Kier molecular flexibility index (Phi) is 5.08. The summed E-state index contributed by atoms with van der Waals surface area (Å²) in [6.45, 7) is 3.56. The maximum atomic E-state index is 12.7. The summed E-state index contributed by atoms with van der Waals surface area (Å²) in [6, 6.07) is 0. The van der Waals surface area contributed by atoms with Crippen molar-refractivity contribution >= 4 is 22.0 Å². The lowest BCUT2D eigenvalue weighted by Gasteiger charge is -2.59. The van der Waals surface area contributed by atoms with E-state index in [1.165, 1.54) is 5.57 Å². The number of Topliss-reactive ketones (excluding diaryl/α,β-unsaturated/α-hetero) is 1. The quantitative estimate of drug-likeness (QED) is 0.663. The molecule has 162 valence electrons. The summed E-state index contributed by atoms with van der Waals surface area (Å²) >= 11 is 0. The molecule has 29 heavy (non-hydrogen) atoms. The Morgan fingerprint density at radius 3 is 2.66 bits per heavy atom. The van der Waals surface area contributed by atoms with Gasteiger partial charge in [0, 0.05) is 12.3 Å². The Labute approximate surface area is 171 Å². The van der Waals surface area contributed by atoms with E-state index >= 15 is 0 Å². The number of rotatable bonds is 4. The van der Waals surface area contributed by atoms with Gasteiger partial charge in [-0.3, -0.25) is 14.1 Å². The monoisotopic (exact) mass is 426 g/mol. The second-order valence-corrected chi connectivity index (χ2v) is 11.0. The number of aliphatic hydroxyl groups excluding tert-OH is 1. The second kappa shape index (κ2) is 6.97. The summed E-state index contributed by atoms with van der Waals surface area (Å²) in [6.07, 6.45) is 6.26. The summed E-state index contributed by atoms with van der Waals surface area (Å²) in [5, 5.41) is 11.3. The minimum Gasteiger partial charge on any atom is -0.393 e. The highest BCUT2D eigenvalue weighted by Crippen LogP contribution is 2.66. The summed E-state index contributed by atoms with van der Waals surface area (Å²) in [5.74, 6) is 0.0886. The van der Waals surface area contributed by atoms with Gasteiger partial charge in [-0.25, -0.2) is 4.18 Å². The van der Waals surface area contributed by atoms with Gasteiger partial charge in [-0.1, -0.05) is 19.4 Å². The van der Waals surface area contributed by atoms with Crippen LogP contribution in [-0.2, 0) is 24.2 Å². The fraction of sp³-hybridized carbons (Fsp3) is 0.810. The molecule has 0 radical (unpaired) electrons. The Balaban J connectivity index is 1.60. The fourth-order valence-corrected chi connectivity index (χ4v) is 7.71. The molecule has 7 atom stereocenters. The van der Waals surface area contributed by atoms with E-state index in [4.69, 9.17) is 4.55 Å². The maximum absolute atomic E-state index is 12.7. The van der Waals surface area contributed by atoms with E-state index in [1.54, 1.807) is 6.08 Å². The number of hydrogen-bond acceptors (Lipinski definition) is 6. The third kappa shape index (κ3) is 3.42. The number of hydrogen-bond donors (Lipinski definition) is 2. The van der Waals surface area contributed by atoms with E-state index in [0.29, 0.717) is 19.3 Å². The first-order chi connectivity index (χ1) is 13.5. The average molecular weight is 427 g/mol. The molecule has 4 aliphatic rings. The first kappa shape index (κ1) is 21.2. The normalized spacial score (nSPS) is 44.5. The molecule has 2 N–H and O–H groups in total. The van der Waals surface area contributed by atoms with Crippen molar-refractivity contribution in [3.05, 3.63) is 11.6 Å². The van der Waals surface area contributed by atoms with E-state index in [1.807, 2.05) is 6.92 Å². The summed E-state index contributed by atoms with van der Waals surface area (Å²) in [4.78, 5) is 24.7. The van der Waals surface area contributed by atoms with Crippen LogP contribution in [0, 0.1) is 34.5 Å². The van der Waals surface area contributed by atoms with Gasteiger partial charge in [-0.15, -0.1) is 0 Å². The van der Waals surface area contributed by atoms with Crippen molar-refractivity contribution < 1.29 is 31.8 Å². The molecule has 3 saturated carbocycles. The third-order valence-electron chi connectivity index (χ3n) is 8.63. The molecule has 4 aliphatic carbocycles. The van der Waals surface area contributed by atoms with Crippen LogP contribution < -0.4 is 0 Å². The number of aliphatic hydroxyl groups is 1. The zero-order valence-electron chi connectivity index (χ0n) is 17.0. The highest BCUT2D eigenvalue weighted by atomic mass is 32.3. The number of carbonyl (C=O) groups is 2. The lowest BCUT2D eigenvalue weighted by molar-refractivity contribution is -0.146. The van der Waals surface area contributed by atoms with Crippen LogP contribution in [0.4, 0.5) is 0 Å². The van der Waals surface area contributed by atoms with Gasteiger partial charge in [-0.2, -0.15) is 8.42 Å². The summed E-state index contributed by atoms with van der Waals surface area (Å²) < 4.78 is 34.8. The van der Waals surface area contributed by atoms with Gasteiger partial charge < -0.3 is 5.11 Å². The molecule has 0 amide bonds. The zero-order valence-corrected chi connectivity index (χ0v) is 17.8. The Morgan fingerprint density at radius 2 is 1.97 bits per heavy atom. The smallest absolute Gasteiger partial charge is 0.393 e. The van der Waals surface area contributed by atoms with Crippen molar-refractivity contribution in [2.24, 2.45) is 34.5 Å². The van der Waals surface area contributed by atoms with Crippen LogP contribution in [0.1, 0.15) is 58.8 Å². The predicted molar refractivity (Wildman–Crippen MR) is 104 cm³/mol. The number of fused-ring (bicyclic) bond motifs is 5. The van der Waals surface area contributed by atoms with Crippen LogP contribution in [0.5, 0.6) is 0 Å². The fourth-order valence-electron chi connectivity index (χ4n) is 7.45. The van der Waals surface area contributed by atoms with Crippen molar-refractivity contribution in [1.82, 2.24) is 0 Å². The largest absolute Gasteiger partial charge is 0.397 e. The first-order valence-corrected chi connectivity index (χ1v) is 11.9. The van der Waals surface area contributed by atoms with E-state index in [9.17, 15) is 23.1 Å². The van der Waals surface area contributed by atoms with Crippen molar-refractivity contribution in [2.45, 2.75) is 64.9 Å².